The second-order valence-corrected chi connectivity index (χ2v) is 4.45. The zero-order valence-corrected chi connectivity index (χ0v) is 9.43. The predicted molar refractivity (Wildman–Crippen MR) is 63.7 cm³/mol. The molecule has 0 N–H and O–H groups in total. The predicted octanol–water partition coefficient (Wildman–Crippen LogP) is 2.39. The van der Waals surface area contributed by atoms with Crippen LogP contribution in [0.4, 0.5) is 0 Å². The number of amides is 2. The van der Waals surface area contributed by atoms with Gasteiger partial charge in [-0.2, -0.15) is 0 Å². The van der Waals surface area contributed by atoms with E-state index in [0.717, 1.165) is 19.3 Å². The number of hydrogen-bond donors (Lipinski definition) is 0. The van der Waals surface area contributed by atoms with E-state index in [1.807, 2.05) is 6.08 Å². The quantitative estimate of drug-likeness (QED) is 0.545. The molecular weight excluding hydrogens is 214 g/mol. The summed E-state index contributed by atoms with van der Waals surface area (Å²) in [7, 11) is 0. The number of carbonyl (C=O) groups is 2. The van der Waals surface area contributed by atoms with E-state index in [0.29, 0.717) is 11.1 Å². The monoisotopic (exact) mass is 227 g/mol. The van der Waals surface area contributed by atoms with Crippen molar-refractivity contribution >= 4 is 11.8 Å². The Morgan fingerprint density at radius 3 is 2.24 bits per heavy atom. The molecule has 3 heteroatoms. The van der Waals surface area contributed by atoms with Gasteiger partial charge in [-0.3, -0.25) is 14.5 Å². The fraction of sp³-hybridized carbons (Fsp3) is 0.286. The lowest BCUT2D eigenvalue weighted by Crippen LogP contribution is -2.39. The van der Waals surface area contributed by atoms with Crippen molar-refractivity contribution in [1.82, 2.24) is 4.90 Å². The minimum absolute atomic E-state index is 0.0591. The second-order valence-electron chi connectivity index (χ2n) is 4.45. The standard InChI is InChI=1S/C14H13NO2/c16-13-11-8-4-5-9-12(11)14(17)15(13)10-6-2-1-3-7-10/h2,4-6,8-10H,1,3,7H2/t10-/m1/s1. The summed E-state index contributed by atoms with van der Waals surface area (Å²) in [6.45, 7) is 0. The van der Waals surface area contributed by atoms with Gasteiger partial charge in [0, 0.05) is 0 Å². The molecule has 1 heterocycles. The molecule has 0 saturated heterocycles. The maximum Gasteiger partial charge on any atom is 0.262 e. The molecule has 0 aromatic heterocycles. The van der Waals surface area contributed by atoms with E-state index in [-0.39, 0.29) is 17.9 Å². The fourth-order valence-corrected chi connectivity index (χ4v) is 2.52. The van der Waals surface area contributed by atoms with E-state index in [4.69, 9.17) is 0 Å². The Morgan fingerprint density at radius 2 is 1.71 bits per heavy atom. The minimum atomic E-state index is -0.151. The minimum Gasteiger partial charge on any atom is -0.269 e. The first-order valence-corrected chi connectivity index (χ1v) is 5.92. The third kappa shape index (κ3) is 1.50. The topological polar surface area (TPSA) is 37.4 Å². The van der Waals surface area contributed by atoms with Gasteiger partial charge in [-0.05, 0) is 31.4 Å². The number of hydrogen-bond acceptors (Lipinski definition) is 2. The Hall–Kier alpha value is -1.90. The number of allylic oxidation sites excluding steroid dienone is 1. The highest BCUT2D eigenvalue weighted by Gasteiger charge is 2.38. The molecular formula is C14H13NO2. The van der Waals surface area contributed by atoms with Crippen molar-refractivity contribution < 1.29 is 9.59 Å². The number of imide groups is 1. The van der Waals surface area contributed by atoms with Crippen molar-refractivity contribution in [2.75, 3.05) is 0 Å². The lowest BCUT2D eigenvalue weighted by Gasteiger charge is -2.25. The summed E-state index contributed by atoms with van der Waals surface area (Å²) in [6.07, 6.45) is 6.99. The summed E-state index contributed by atoms with van der Waals surface area (Å²) < 4.78 is 0. The Labute approximate surface area is 99.7 Å². The number of fused-ring (bicyclic) bond motifs is 1. The maximum atomic E-state index is 12.2. The molecule has 2 aliphatic rings. The highest BCUT2D eigenvalue weighted by atomic mass is 16.2. The van der Waals surface area contributed by atoms with Gasteiger partial charge in [0.15, 0.2) is 0 Å². The van der Waals surface area contributed by atoms with Crippen LogP contribution in [0, 0.1) is 0 Å². The molecule has 17 heavy (non-hydrogen) atoms. The maximum absolute atomic E-state index is 12.2. The van der Waals surface area contributed by atoms with Crippen LogP contribution in [0.5, 0.6) is 0 Å². The summed E-state index contributed by atoms with van der Waals surface area (Å²) in [5, 5.41) is 0. The number of carbonyl (C=O) groups excluding carboxylic acids is 2. The first kappa shape index (κ1) is 10.3. The lowest BCUT2D eigenvalue weighted by atomic mass is 10.0. The van der Waals surface area contributed by atoms with Crippen molar-refractivity contribution in [3.63, 3.8) is 0 Å². The Bertz CT molecular complexity index is 484. The molecule has 1 aliphatic carbocycles. The highest BCUT2D eigenvalue weighted by Crippen LogP contribution is 2.28. The van der Waals surface area contributed by atoms with Gasteiger partial charge in [-0.25, -0.2) is 0 Å². The Balaban J connectivity index is 2.00. The van der Waals surface area contributed by atoms with Crippen LogP contribution in [0.2, 0.25) is 0 Å². The van der Waals surface area contributed by atoms with E-state index in [1.54, 1.807) is 24.3 Å². The lowest BCUT2D eigenvalue weighted by molar-refractivity contribution is 0.0605. The zero-order valence-electron chi connectivity index (χ0n) is 9.43. The molecule has 0 fully saturated rings. The van der Waals surface area contributed by atoms with Crippen LogP contribution in [0.3, 0.4) is 0 Å². The summed E-state index contributed by atoms with van der Waals surface area (Å²) in [5.74, 6) is -0.302. The summed E-state index contributed by atoms with van der Waals surface area (Å²) >= 11 is 0. The molecule has 0 bridgehead atoms. The average Bonchev–Trinajstić information content (AvgIpc) is 2.64. The zero-order chi connectivity index (χ0) is 11.8. The van der Waals surface area contributed by atoms with E-state index in [1.165, 1.54) is 4.90 Å². The van der Waals surface area contributed by atoms with Gasteiger partial charge in [0.25, 0.3) is 11.8 Å². The first-order chi connectivity index (χ1) is 8.29. The third-order valence-electron chi connectivity index (χ3n) is 3.39. The summed E-state index contributed by atoms with van der Waals surface area (Å²) in [4.78, 5) is 25.8. The molecule has 0 saturated carbocycles. The van der Waals surface area contributed by atoms with Gasteiger partial charge in [0.1, 0.15) is 0 Å². The van der Waals surface area contributed by atoms with Crippen LogP contribution in [-0.2, 0) is 0 Å². The molecule has 0 unspecified atom stereocenters. The van der Waals surface area contributed by atoms with Gasteiger partial charge in [-0.1, -0.05) is 24.3 Å². The van der Waals surface area contributed by atoms with Gasteiger partial charge in [-0.15, -0.1) is 0 Å². The molecule has 3 rings (SSSR count). The van der Waals surface area contributed by atoms with E-state index >= 15 is 0 Å². The van der Waals surface area contributed by atoms with Crippen LogP contribution >= 0.6 is 0 Å². The van der Waals surface area contributed by atoms with E-state index in [9.17, 15) is 9.59 Å². The normalized spacial score (nSPS) is 23.1. The molecule has 1 aromatic rings. The van der Waals surface area contributed by atoms with Crippen LogP contribution < -0.4 is 0 Å². The molecule has 3 nitrogen and oxygen atoms in total. The van der Waals surface area contributed by atoms with Gasteiger partial charge >= 0.3 is 0 Å². The Kier molecular flexibility index (Phi) is 2.32. The molecule has 1 aromatic carbocycles. The van der Waals surface area contributed by atoms with Crippen molar-refractivity contribution in [3.05, 3.63) is 47.5 Å². The largest absolute Gasteiger partial charge is 0.269 e. The second kappa shape index (κ2) is 3.84. The van der Waals surface area contributed by atoms with Gasteiger partial charge < -0.3 is 0 Å². The summed E-state index contributed by atoms with van der Waals surface area (Å²) in [5.41, 5.74) is 1.08. The van der Waals surface area contributed by atoms with Crippen molar-refractivity contribution in [1.29, 1.82) is 0 Å². The SMILES string of the molecule is O=C1c2ccccc2C(=O)N1[C@@H]1C=CCCC1. The molecule has 0 spiro atoms. The first-order valence-electron chi connectivity index (χ1n) is 5.92. The molecule has 86 valence electrons. The highest BCUT2D eigenvalue weighted by molar-refractivity contribution is 6.21. The van der Waals surface area contributed by atoms with Crippen LogP contribution in [0.25, 0.3) is 0 Å². The molecule has 0 radical (unpaired) electrons. The van der Waals surface area contributed by atoms with E-state index < -0.39 is 0 Å². The smallest absolute Gasteiger partial charge is 0.262 e. The van der Waals surface area contributed by atoms with Crippen molar-refractivity contribution in [2.45, 2.75) is 25.3 Å². The number of benzene rings is 1. The average molecular weight is 227 g/mol. The van der Waals surface area contributed by atoms with Crippen molar-refractivity contribution in [2.24, 2.45) is 0 Å². The number of rotatable bonds is 1. The molecule has 1 aliphatic heterocycles. The molecule has 2 amide bonds. The third-order valence-corrected chi connectivity index (χ3v) is 3.39. The molecule has 1 atom stereocenters. The van der Waals surface area contributed by atoms with E-state index in [2.05, 4.69) is 6.08 Å². The van der Waals surface area contributed by atoms with Gasteiger partial charge in [0.05, 0.1) is 17.2 Å². The van der Waals surface area contributed by atoms with Crippen LogP contribution in [0.1, 0.15) is 40.0 Å². The Morgan fingerprint density at radius 1 is 1.06 bits per heavy atom. The van der Waals surface area contributed by atoms with Crippen molar-refractivity contribution in [3.8, 4) is 0 Å². The number of nitrogens with zero attached hydrogens (tertiary/aromatic N) is 1. The summed E-state index contributed by atoms with van der Waals surface area (Å²) in [6, 6.07) is 6.98. The van der Waals surface area contributed by atoms with Crippen LogP contribution in [0.15, 0.2) is 36.4 Å². The van der Waals surface area contributed by atoms with Gasteiger partial charge in [0.2, 0.25) is 0 Å². The van der Waals surface area contributed by atoms with Crippen LogP contribution in [-0.4, -0.2) is 22.8 Å². The fourth-order valence-electron chi connectivity index (χ4n) is 2.52.